The first-order valence-corrected chi connectivity index (χ1v) is 6.07. The highest BCUT2D eigenvalue weighted by Gasteiger charge is 2.36. The minimum absolute atomic E-state index is 0.297. The van der Waals surface area contributed by atoms with Crippen molar-refractivity contribution in [3.8, 4) is 0 Å². The molecule has 0 fully saturated rings. The molecule has 0 aliphatic carbocycles. The van der Waals surface area contributed by atoms with E-state index in [1.54, 1.807) is 24.3 Å². The van der Waals surface area contributed by atoms with Gasteiger partial charge in [0.05, 0.1) is 17.7 Å². The third-order valence-electron chi connectivity index (χ3n) is 2.68. The van der Waals surface area contributed by atoms with E-state index in [4.69, 9.17) is 4.84 Å². The SMILES string of the molecule is CCCNCCON1C(=O)c2ccccc2C1=O. The molecule has 1 aliphatic rings. The van der Waals surface area contributed by atoms with Gasteiger partial charge in [-0.25, -0.2) is 0 Å². The fourth-order valence-electron chi connectivity index (χ4n) is 1.80. The lowest BCUT2D eigenvalue weighted by atomic mass is 10.1. The van der Waals surface area contributed by atoms with E-state index in [0.717, 1.165) is 18.0 Å². The summed E-state index contributed by atoms with van der Waals surface area (Å²) in [7, 11) is 0. The summed E-state index contributed by atoms with van der Waals surface area (Å²) in [6.07, 6.45) is 1.03. The first-order chi connectivity index (χ1) is 8.75. The number of fused-ring (bicyclic) bond motifs is 1. The molecule has 1 aromatic carbocycles. The van der Waals surface area contributed by atoms with Gasteiger partial charge in [-0.05, 0) is 25.1 Å². The second kappa shape index (κ2) is 5.75. The normalized spacial score (nSPS) is 14.2. The molecule has 0 atom stereocenters. The smallest absolute Gasteiger partial charge is 0.285 e. The molecule has 0 spiro atoms. The van der Waals surface area contributed by atoms with E-state index >= 15 is 0 Å². The van der Waals surface area contributed by atoms with Gasteiger partial charge >= 0.3 is 0 Å². The highest BCUT2D eigenvalue weighted by molar-refractivity contribution is 6.20. The fraction of sp³-hybridized carbons (Fsp3) is 0.385. The number of carbonyl (C=O) groups excluding carboxylic acids is 2. The number of nitrogens with one attached hydrogen (secondary N) is 1. The molecular formula is C13H16N2O3. The van der Waals surface area contributed by atoms with E-state index in [9.17, 15) is 9.59 Å². The molecule has 0 saturated heterocycles. The quantitative estimate of drug-likeness (QED) is 0.607. The summed E-state index contributed by atoms with van der Waals surface area (Å²) in [5, 5.41) is 3.98. The van der Waals surface area contributed by atoms with Crippen LogP contribution >= 0.6 is 0 Å². The number of rotatable bonds is 6. The van der Waals surface area contributed by atoms with Gasteiger partial charge in [0.2, 0.25) is 0 Å². The lowest BCUT2D eigenvalue weighted by molar-refractivity contribution is -0.0896. The number of hydrogen-bond acceptors (Lipinski definition) is 4. The molecule has 0 saturated carbocycles. The highest BCUT2D eigenvalue weighted by Crippen LogP contribution is 2.22. The molecule has 1 heterocycles. The second-order valence-corrected chi connectivity index (χ2v) is 4.03. The van der Waals surface area contributed by atoms with Gasteiger partial charge < -0.3 is 5.32 Å². The molecule has 0 radical (unpaired) electrons. The standard InChI is InChI=1S/C13H16N2O3/c1-2-7-14-8-9-18-15-12(16)10-5-3-4-6-11(10)13(15)17/h3-6,14H,2,7-9H2,1H3. The van der Waals surface area contributed by atoms with Gasteiger partial charge in [0, 0.05) is 6.54 Å². The van der Waals surface area contributed by atoms with E-state index in [0.29, 0.717) is 24.3 Å². The van der Waals surface area contributed by atoms with Gasteiger partial charge in [-0.2, -0.15) is 0 Å². The Balaban J connectivity index is 1.93. The van der Waals surface area contributed by atoms with Crippen LogP contribution in [0.1, 0.15) is 34.1 Å². The average molecular weight is 248 g/mol. The van der Waals surface area contributed by atoms with Crippen LogP contribution in [0.2, 0.25) is 0 Å². The van der Waals surface area contributed by atoms with Gasteiger partial charge in [-0.3, -0.25) is 14.4 Å². The lowest BCUT2D eigenvalue weighted by Gasteiger charge is -2.13. The highest BCUT2D eigenvalue weighted by atomic mass is 16.7. The van der Waals surface area contributed by atoms with Gasteiger partial charge in [0.15, 0.2) is 0 Å². The predicted octanol–water partition coefficient (Wildman–Crippen LogP) is 1.21. The summed E-state index contributed by atoms with van der Waals surface area (Å²) in [5.41, 5.74) is 0.813. The predicted molar refractivity (Wildman–Crippen MR) is 66.1 cm³/mol. The van der Waals surface area contributed by atoms with E-state index in [2.05, 4.69) is 12.2 Å². The Morgan fingerprint density at radius 1 is 1.11 bits per heavy atom. The van der Waals surface area contributed by atoms with Gasteiger partial charge in [-0.15, -0.1) is 5.06 Å². The Bertz CT molecular complexity index is 424. The molecule has 0 aromatic heterocycles. The summed E-state index contributed by atoms with van der Waals surface area (Å²) in [6.45, 7) is 3.87. The van der Waals surface area contributed by atoms with E-state index in [1.807, 2.05) is 0 Å². The molecule has 2 rings (SSSR count). The van der Waals surface area contributed by atoms with Crippen LogP contribution in [0.25, 0.3) is 0 Å². The number of carbonyl (C=O) groups is 2. The molecule has 5 heteroatoms. The largest absolute Gasteiger partial charge is 0.314 e. The zero-order valence-corrected chi connectivity index (χ0v) is 10.3. The number of hydrogen-bond donors (Lipinski definition) is 1. The van der Waals surface area contributed by atoms with Crippen molar-refractivity contribution >= 4 is 11.8 Å². The summed E-state index contributed by atoms with van der Waals surface area (Å²) in [4.78, 5) is 29.0. The fourth-order valence-corrected chi connectivity index (χ4v) is 1.80. The van der Waals surface area contributed by atoms with E-state index in [-0.39, 0.29) is 11.8 Å². The Morgan fingerprint density at radius 2 is 1.72 bits per heavy atom. The molecule has 18 heavy (non-hydrogen) atoms. The van der Waals surface area contributed by atoms with Crippen LogP contribution in [0.15, 0.2) is 24.3 Å². The summed E-state index contributed by atoms with van der Waals surface area (Å²) in [6, 6.07) is 6.73. The van der Waals surface area contributed by atoms with Gasteiger partial charge in [0.25, 0.3) is 11.8 Å². The average Bonchev–Trinajstić information content (AvgIpc) is 2.64. The summed E-state index contributed by atoms with van der Waals surface area (Å²) >= 11 is 0. The van der Waals surface area contributed by atoms with Crippen molar-refractivity contribution in [3.63, 3.8) is 0 Å². The zero-order valence-electron chi connectivity index (χ0n) is 10.3. The van der Waals surface area contributed by atoms with Crippen molar-refractivity contribution in [1.82, 2.24) is 10.4 Å². The van der Waals surface area contributed by atoms with Crippen molar-refractivity contribution in [2.24, 2.45) is 0 Å². The van der Waals surface area contributed by atoms with Crippen LogP contribution in [0.3, 0.4) is 0 Å². The van der Waals surface area contributed by atoms with Gasteiger partial charge in [0.1, 0.15) is 0 Å². The van der Waals surface area contributed by atoms with E-state index in [1.165, 1.54) is 0 Å². The molecular weight excluding hydrogens is 232 g/mol. The van der Waals surface area contributed by atoms with E-state index < -0.39 is 0 Å². The number of hydroxylamine groups is 2. The topological polar surface area (TPSA) is 58.6 Å². The Kier molecular flexibility index (Phi) is 4.07. The Hall–Kier alpha value is -1.72. The maximum atomic E-state index is 11.9. The third kappa shape index (κ3) is 2.42. The minimum atomic E-state index is -0.383. The second-order valence-electron chi connectivity index (χ2n) is 4.03. The maximum absolute atomic E-state index is 11.9. The molecule has 96 valence electrons. The number of amides is 2. The zero-order chi connectivity index (χ0) is 13.0. The van der Waals surface area contributed by atoms with Crippen LogP contribution in [-0.2, 0) is 4.84 Å². The first kappa shape index (κ1) is 12.7. The van der Waals surface area contributed by atoms with Crippen LogP contribution in [0.5, 0.6) is 0 Å². The summed E-state index contributed by atoms with van der Waals surface area (Å²) < 4.78 is 0. The molecule has 0 bridgehead atoms. The minimum Gasteiger partial charge on any atom is -0.314 e. The van der Waals surface area contributed by atoms with Crippen molar-refractivity contribution in [2.75, 3.05) is 19.7 Å². The molecule has 1 aliphatic heterocycles. The van der Waals surface area contributed by atoms with Crippen molar-refractivity contribution < 1.29 is 14.4 Å². The number of nitrogens with zero attached hydrogens (tertiary/aromatic N) is 1. The molecule has 5 nitrogen and oxygen atoms in total. The Morgan fingerprint density at radius 3 is 2.28 bits per heavy atom. The lowest BCUT2D eigenvalue weighted by Crippen LogP contribution is -2.33. The van der Waals surface area contributed by atoms with Crippen molar-refractivity contribution in [3.05, 3.63) is 35.4 Å². The van der Waals surface area contributed by atoms with Gasteiger partial charge in [-0.1, -0.05) is 19.1 Å². The van der Waals surface area contributed by atoms with Crippen LogP contribution < -0.4 is 5.32 Å². The Labute approximate surface area is 106 Å². The number of imide groups is 1. The third-order valence-corrected chi connectivity index (χ3v) is 2.68. The molecule has 1 aromatic rings. The van der Waals surface area contributed by atoms with Crippen molar-refractivity contribution in [2.45, 2.75) is 13.3 Å². The molecule has 2 amide bonds. The monoisotopic (exact) mass is 248 g/mol. The van der Waals surface area contributed by atoms with Crippen LogP contribution in [-0.4, -0.2) is 36.6 Å². The first-order valence-electron chi connectivity index (χ1n) is 6.07. The summed E-state index contributed by atoms with van der Waals surface area (Å²) in [5.74, 6) is -0.766. The number of benzene rings is 1. The van der Waals surface area contributed by atoms with Crippen molar-refractivity contribution in [1.29, 1.82) is 0 Å². The van der Waals surface area contributed by atoms with Crippen LogP contribution in [0.4, 0.5) is 0 Å². The maximum Gasteiger partial charge on any atom is 0.285 e. The molecule has 1 N–H and O–H groups in total. The molecule has 0 unspecified atom stereocenters. The van der Waals surface area contributed by atoms with Crippen LogP contribution in [0, 0.1) is 0 Å².